The molecule has 142 valence electrons. The van der Waals surface area contributed by atoms with Crippen LogP contribution in [0.25, 0.3) is 0 Å². The van der Waals surface area contributed by atoms with Crippen molar-refractivity contribution in [2.45, 2.75) is 11.8 Å². The first-order valence-electron chi connectivity index (χ1n) is 8.19. The number of sulfonamides is 1. The van der Waals surface area contributed by atoms with Gasteiger partial charge >= 0.3 is 0 Å². The molecular formula is C20H22N2O4S. The molecule has 2 aromatic rings. The van der Waals surface area contributed by atoms with Crippen molar-refractivity contribution in [3.05, 3.63) is 59.2 Å². The molecule has 0 fully saturated rings. The van der Waals surface area contributed by atoms with Gasteiger partial charge in [-0.2, -0.15) is 4.72 Å². The first-order valence-corrected chi connectivity index (χ1v) is 9.68. The van der Waals surface area contributed by atoms with Gasteiger partial charge in [0.1, 0.15) is 10.6 Å². The molecule has 6 nitrogen and oxygen atoms in total. The minimum Gasteiger partial charge on any atom is -0.495 e. The molecule has 0 bridgehead atoms. The molecule has 0 aliphatic heterocycles. The second-order valence-electron chi connectivity index (χ2n) is 6.06. The van der Waals surface area contributed by atoms with Crippen molar-refractivity contribution in [3.63, 3.8) is 0 Å². The third-order valence-electron chi connectivity index (χ3n) is 3.73. The number of nitrogens with one attached hydrogen (secondary N) is 1. The van der Waals surface area contributed by atoms with Crippen LogP contribution < -0.4 is 9.46 Å². The minimum atomic E-state index is -3.74. The van der Waals surface area contributed by atoms with E-state index in [0.717, 1.165) is 5.56 Å². The lowest BCUT2D eigenvalue weighted by atomic mass is 10.1. The third-order valence-corrected chi connectivity index (χ3v) is 5.15. The van der Waals surface area contributed by atoms with Crippen LogP contribution in [0.2, 0.25) is 0 Å². The standard InChI is InChI=1S/C20H22N2O4S/c1-15-7-12-18(26-4)19(14-15)27(24,25)21-13-5-6-16-8-10-17(11-9-16)20(23)22(2)3/h7-12,14,21H,13H2,1-4H3. The number of aryl methyl sites for hydroxylation is 1. The zero-order valence-electron chi connectivity index (χ0n) is 15.7. The Morgan fingerprint density at radius 2 is 1.81 bits per heavy atom. The highest BCUT2D eigenvalue weighted by Crippen LogP contribution is 2.24. The number of hydrogen-bond donors (Lipinski definition) is 1. The highest BCUT2D eigenvalue weighted by atomic mass is 32.2. The summed E-state index contributed by atoms with van der Waals surface area (Å²) in [7, 11) is 1.06. The quantitative estimate of drug-likeness (QED) is 0.798. The van der Waals surface area contributed by atoms with Gasteiger partial charge in [0.15, 0.2) is 0 Å². The molecule has 0 aliphatic carbocycles. The SMILES string of the molecule is COc1ccc(C)cc1S(=O)(=O)NCC#Cc1ccc(C(=O)N(C)C)cc1. The zero-order valence-corrected chi connectivity index (χ0v) is 16.6. The van der Waals surface area contributed by atoms with E-state index in [1.807, 2.05) is 6.92 Å². The Labute approximate surface area is 160 Å². The molecule has 27 heavy (non-hydrogen) atoms. The van der Waals surface area contributed by atoms with Crippen LogP contribution in [0, 0.1) is 18.8 Å². The van der Waals surface area contributed by atoms with Gasteiger partial charge in [-0.25, -0.2) is 8.42 Å². The zero-order chi connectivity index (χ0) is 20.0. The van der Waals surface area contributed by atoms with Gasteiger partial charge in [-0.05, 0) is 48.9 Å². The highest BCUT2D eigenvalue weighted by molar-refractivity contribution is 7.89. The number of carbonyl (C=O) groups is 1. The van der Waals surface area contributed by atoms with Crippen LogP contribution >= 0.6 is 0 Å². The number of rotatable bonds is 5. The average molecular weight is 386 g/mol. The summed E-state index contributed by atoms with van der Waals surface area (Å²) in [6, 6.07) is 11.8. The highest BCUT2D eigenvalue weighted by Gasteiger charge is 2.18. The summed E-state index contributed by atoms with van der Waals surface area (Å²) in [5.74, 6) is 5.84. The van der Waals surface area contributed by atoms with Crippen LogP contribution in [0.5, 0.6) is 5.75 Å². The molecule has 1 N–H and O–H groups in total. The van der Waals surface area contributed by atoms with Gasteiger partial charge in [-0.1, -0.05) is 17.9 Å². The number of methoxy groups -OCH3 is 1. The summed E-state index contributed by atoms with van der Waals surface area (Å²) in [5, 5.41) is 0. The van der Waals surface area contributed by atoms with Crippen molar-refractivity contribution < 1.29 is 17.9 Å². The van der Waals surface area contributed by atoms with E-state index >= 15 is 0 Å². The van der Waals surface area contributed by atoms with Gasteiger partial charge in [-0.3, -0.25) is 4.79 Å². The normalized spacial score (nSPS) is 10.7. The molecule has 0 aromatic heterocycles. The summed E-state index contributed by atoms with van der Waals surface area (Å²) in [6.07, 6.45) is 0. The molecule has 0 saturated carbocycles. The minimum absolute atomic E-state index is 0.0438. The molecule has 2 rings (SSSR count). The van der Waals surface area contributed by atoms with Crippen molar-refractivity contribution in [1.29, 1.82) is 0 Å². The monoisotopic (exact) mass is 386 g/mol. The van der Waals surface area contributed by atoms with E-state index in [2.05, 4.69) is 16.6 Å². The molecule has 0 atom stereocenters. The number of carbonyl (C=O) groups excluding carboxylic acids is 1. The lowest BCUT2D eigenvalue weighted by Crippen LogP contribution is -2.24. The van der Waals surface area contributed by atoms with E-state index in [1.54, 1.807) is 56.6 Å². The number of nitrogens with zero attached hydrogens (tertiary/aromatic N) is 1. The van der Waals surface area contributed by atoms with E-state index in [4.69, 9.17) is 4.74 Å². The van der Waals surface area contributed by atoms with Crippen molar-refractivity contribution >= 4 is 15.9 Å². The number of amides is 1. The van der Waals surface area contributed by atoms with Gasteiger partial charge in [0.05, 0.1) is 13.7 Å². The Morgan fingerprint density at radius 1 is 1.15 bits per heavy atom. The number of hydrogen-bond acceptors (Lipinski definition) is 4. The molecule has 0 saturated heterocycles. The maximum atomic E-state index is 12.5. The molecule has 0 spiro atoms. The van der Waals surface area contributed by atoms with Crippen LogP contribution in [-0.2, 0) is 10.0 Å². The predicted octanol–water partition coefficient (Wildman–Crippen LogP) is 2.04. The van der Waals surface area contributed by atoms with Crippen LogP contribution in [0.4, 0.5) is 0 Å². The Morgan fingerprint density at radius 3 is 2.41 bits per heavy atom. The maximum Gasteiger partial charge on any atom is 0.253 e. The fourth-order valence-electron chi connectivity index (χ4n) is 2.30. The van der Waals surface area contributed by atoms with E-state index < -0.39 is 10.0 Å². The average Bonchev–Trinajstić information content (AvgIpc) is 2.65. The second kappa shape index (κ2) is 8.71. The fraction of sp³-hybridized carbons (Fsp3) is 0.250. The smallest absolute Gasteiger partial charge is 0.253 e. The van der Waals surface area contributed by atoms with Gasteiger partial charge < -0.3 is 9.64 Å². The summed E-state index contributed by atoms with van der Waals surface area (Å²) in [4.78, 5) is 13.4. The molecule has 1 amide bonds. The second-order valence-corrected chi connectivity index (χ2v) is 7.79. The van der Waals surface area contributed by atoms with Crippen molar-refractivity contribution in [1.82, 2.24) is 9.62 Å². The van der Waals surface area contributed by atoms with Crippen molar-refractivity contribution in [3.8, 4) is 17.6 Å². The molecule has 7 heteroatoms. The summed E-state index contributed by atoms with van der Waals surface area (Å²) in [6.45, 7) is 1.76. The van der Waals surface area contributed by atoms with E-state index in [0.29, 0.717) is 11.1 Å². The van der Waals surface area contributed by atoms with Gasteiger partial charge in [0.25, 0.3) is 5.91 Å². The first kappa shape index (κ1) is 20.5. The molecular weight excluding hydrogens is 364 g/mol. The van der Waals surface area contributed by atoms with Crippen LogP contribution in [0.1, 0.15) is 21.5 Å². The van der Waals surface area contributed by atoms with Gasteiger partial charge in [0, 0.05) is 25.2 Å². The molecule has 0 radical (unpaired) electrons. The van der Waals surface area contributed by atoms with E-state index in [1.165, 1.54) is 12.0 Å². The third kappa shape index (κ3) is 5.33. The number of ether oxygens (including phenoxy) is 1. The van der Waals surface area contributed by atoms with Crippen LogP contribution in [0.15, 0.2) is 47.4 Å². The first-order chi connectivity index (χ1) is 12.7. The molecule has 0 heterocycles. The summed E-state index contributed by atoms with van der Waals surface area (Å²) < 4.78 is 32.5. The number of benzene rings is 2. The van der Waals surface area contributed by atoms with Crippen LogP contribution in [-0.4, -0.2) is 47.0 Å². The van der Waals surface area contributed by atoms with E-state index in [9.17, 15) is 13.2 Å². The van der Waals surface area contributed by atoms with Crippen LogP contribution in [0.3, 0.4) is 0 Å². The molecule has 2 aromatic carbocycles. The Kier molecular flexibility index (Phi) is 6.61. The summed E-state index contributed by atoms with van der Waals surface area (Å²) >= 11 is 0. The Hall–Kier alpha value is -2.82. The fourth-order valence-corrected chi connectivity index (χ4v) is 3.48. The Balaban J connectivity index is 2.07. The van der Waals surface area contributed by atoms with Crippen molar-refractivity contribution in [2.24, 2.45) is 0 Å². The molecule has 0 aliphatic rings. The largest absolute Gasteiger partial charge is 0.495 e. The topological polar surface area (TPSA) is 75.7 Å². The Bertz CT molecular complexity index is 985. The van der Waals surface area contributed by atoms with Gasteiger partial charge in [-0.15, -0.1) is 0 Å². The lowest BCUT2D eigenvalue weighted by molar-refractivity contribution is 0.0827. The lowest BCUT2D eigenvalue weighted by Gasteiger charge is -2.10. The van der Waals surface area contributed by atoms with E-state index in [-0.39, 0.29) is 23.1 Å². The predicted molar refractivity (Wildman–Crippen MR) is 104 cm³/mol. The maximum absolute atomic E-state index is 12.5. The summed E-state index contributed by atoms with van der Waals surface area (Å²) in [5.41, 5.74) is 2.07. The van der Waals surface area contributed by atoms with Crippen molar-refractivity contribution in [2.75, 3.05) is 27.7 Å². The molecule has 0 unspecified atom stereocenters. The van der Waals surface area contributed by atoms with Gasteiger partial charge in [0.2, 0.25) is 10.0 Å².